The minimum Gasteiger partial charge on any atom is -0.320 e. The zero-order valence-corrected chi connectivity index (χ0v) is 14.9. The molecule has 0 heterocycles. The zero-order valence-electron chi connectivity index (χ0n) is 11.0. The first kappa shape index (κ1) is 15.0. The molecule has 2 N–H and O–H groups in total. The third kappa shape index (κ3) is 2.88. The fourth-order valence-corrected chi connectivity index (χ4v) is 3.75. The average Bonchev–Trinajstić information content (AvgIpc) is 2.47. The molecule has 0 radical (unpaired) electrons. The van der Waals surface area contributed by atoms with Crippen molar-refractivity contribution in [3.8, 4) is 0 Å². The van der Waals surface area contributed by atoms with Gasteiger partial charge in [0.05, 0.1) is 6.04 Å². The Labute approximate surface area is 145 Å². The number of halogens is 3. The monoisotopic (exact) mass is 423 g/mol. The van der Waals surface area contributed by atoms with Crippen molar-refractivity contribution in [1.82, 2.24) is 0 Å². The highest BCUT2D eigenvalue weighted by atomic mass is 79.9. The number of fused-ring (bicyclic) bond motifs is 1. The van der Waals surface area contributed by atoms with Crippen LogP contribution in [0.5, 0.6) is 0 Å². The molecule has 1 unspecified atom stereocenters. The van der Waals surface area contributed by atoms with Gasteiger partial charge in [0.25, 0.3) is 0 Å². The van der Waals surface area contributed by atoms with Gasteiger partial charge in [-0.15, -0.1) is 0 Å². The second-order valence-corrected chi connectivity index (χ2v) is 7.00. The molecule has 0 aliphatic heterocycles. The van der Waals surface area contributed by atoms with Gasteiger partial charge in [-0.3, -0.25) is 0 Å². The summed E-state index contributed by atoms with van der Waals surface area (Å²) >= 11 is 13.3. The lowest BCUT2D eigenvalue weighted by molar-refractivity contribution is 0.880. The molecular weight excluding hydrogens is 413 g/mol. The van der Waals surface area contributed by atoms with Crippen molar-refractivity contribution in [3.63, 3.8) is 0 Å². The van der Waals surface area contributed by atoms with Gasteiger partial charge in [0.2, 0.25) is 0 Å². The van der Waals surface area contributed by atoms with Crippen LogP contribution in [-0.4, -0.2) is 0 Å². The largest absolute Gasteiger partial charge is 0.320 e. The van der Waals surface area contributed by atoms with E-state index in [1.807, 2.05) is 36.4 Å². The van der Waals surface area contributed by atoms with Crippen molar-refractivity contribution >= 4 is 54.2 Å². The Morgan fingerprint density at radius 3 is 2.24 bits per heavy atom. The van der Waals surface area contributed by atoms with E-state index in [1.54, 1.807) is 0 Å². The van der Waals surface area contributed by atoms with Crippen molar-refractivity contribution in [2.75, 3.05) is 0 Å². The molecule has 0 fully saturated rings. The van der Waals surface area contributed by atoms with Crippen molar-refractivity contribution in [2.45, 2.75) is 6.04 Å². The van der Waals surface area contributed by atoms with Crippen LogP contribution < -0.4 is 5.73 Å². The van der Waals surface area contributed by atoms with Crippen LogP contribution in [-0.2, 0) is 0 Å². The molecule has 3 rings (SSSR count). The molecule has 106 valence electrons. The first-order chi connectivity index (χ1) is 10.1. The molecule has 0 saturated heterocycles. The smallest absolute Gasteiger partial charge is 0.0572 e. The van der Waals surface area contributed by atoms with E-state index in [0.29, 0.717) is 5.02 Å². The Bertz CT molecular complexity index is 817. The van der Waals surface area contributed by atoms with Gasteiger partial charge in [0.1, 0.15) is 0 Å². The highest BCUT2D eigenvalue weighted by molar-refractivity contribution is 9.11. The van der Waals surface area contributed by atoms with E-state index in [9.17, 15) is 0 Å². The lowest BCUT2D eigenvalue weighted by Gasteiger charge is -2.17. The van der Waals surface area contributed by atoms with E-state index in [-0.39, 0.29) is 6.04 Å². The van der Waals surface area contributed by atoms with Gasteiger partial charge in [-0.1, -0.05) is 79.9 Å². The molecule has 1 atom stereocenters. The first-order valence-corrected chi connectivity index (χ1v) is 8.42. The molecule has 3 aromatic carbocycles. The Morgan fingerprint density at radius 2 is 1.52 bits per heavy atom. The second-order valence-electron chi connectivity index (χ2n) is 4.83. The fraction of sp³-hybridized carbons (Fsp3) is 0.0588. The van der Waals surface area contributed by atoms with Crippen LogP contribution in [0.2, 0.25) is 5.02 Å². The molecule has 0 saturated carbocycles. The van der Waals surface area contributed by atoms with Crippen LogP contribution in [0.15, 0.2) is 63.5 Å². The second kappa shape index (κ2) is 6.09. The van der Waals surface area contributed by atoms with E-state index < -0.39 is 0 Å². The predicted octanol–water partition coefficient (Wildman–Crippen LogP) is 6.07. The third-order valence-electron chi connectivity index (χ3n) is 3.54. The first-order valence-electron chi connectivity index (χ1n) is 6.45. The summed E-state index contributed by atoms with van der Waals surface area (Å²) in [5, 5.41) is 2.96. The molecule has 0 aromatic heterocycles. The average molecular weight is 426 g/mol. The maximum Gasteiger partial charge on any atom is 0.0572 e. The highest BCUT2D eigenvalue weighted by Gasteiger charge is 2.16. The van der Waals surface area contributed by atoms with E-state index in [4.69, 9.17) is 17.3 Å². The summed E-state index contributed by atoms with van der Waals surface area (Å²) in [7, 11) is 0. The molecule has 21 heavy (non-hydrogen) atoms. The minimum atomic E-state index is -0.261. The SMILES string of the molecule is NC(c1ccc(Br)cc1Cl)c1ccc(Br)c2ccccc12. The summed E-state index contributed by atoms with van der Waals surface area (Å²) in [4.78, 5) is 0. The molecule has 0 aliphatic carbocycles. The molecular formula is C17H12Br2ClN. The highest BCUT2D eigenvalue weighted by Crippen LogP contribution is 2.34. The molecule has 0 bridgehead atoms. The van der Waals surface area contributed by atoms with Crippen molar-refractivity contribution in [1.29, 1.82) is 0 Å². The van der Waals surface area contributed by atoms with Crippen LogP contribution in [0.1, 0.15) is 17.2 Å². The van der Waals surface area contributed by atoms with Gasteiger partial charge in [0.15, 0.2) is 0 Å². The molecule has 0 amide bonds. The van der Waals surface area contributed by atoms with E-state index >= 15 is 0 Å². The Balaban J connectivity index is 2.18. The zero-order chi connectivity index (χ0) is 15.0. The summed E-state index contributed by atoms with van der Waals surface area (Å²) in [6, 6.07) is 17.8. The van der Waals surface area contributed by atoms with Crippen LogP contribution in [0, 0.1) is 0 Å². The molecule has 0 aliphatic rings. The molecule has 1 nitrogen and oxygen atoms in total. The van der Waals surface area contributed by atoms with E-state index in [2.05, 4.69) is 50.1 Å². The third-order valence-corrected chi connectivity index (χ3v) is 5.05. The van der Waals surface area contributed by atoms with Gasteiger partial charge in [0, 0.05) is 14.0 Å². The fourth-order valence-electron chi connectivity index (χ4n) is 2.48. The summed E-state index contributed by atoms with van der Waals surface area (Å²) in [5.41, 5.74) is 8.46. The number of hydrogen-bond acceptors (Lipinski definition) is 1. The minimum absolute atomic E-state index is 0.261. The van der Waals surface area contributed by atoms with Gasteiger partial charge in [-0.05, 0) is 40.1 Å². The van der Waals surface area contributed by atoms with Crippen LogP contribution >= 0.6 is 43.5 Å². The number of hydrogen-bond donors (Lipinski definition) is 1. The van der Waals surface area contributed by atoms with Gasteiger partial charge < -0.3 is 5.73 Å². The summed E-state index contributed by atoms with van der Waals surface area (Å²) < 4.78 is 2.01. The number of benzene rings is 3. The van der Waals surface area contributed by atoms with Crippen molar-refractivity contribution in [3.05, 3.63) is 79.7 Å². The summed E-state index contributed by atoms with van der Waals surface area (Å²) in [5.74, 6) is 0. The topological polar surface area (TPSA) is 26.0 Å². The molecule has 0 spiro atoms. The van der Waals surface area contributed by atoms with Gasteiger partial charge in [-0.2, -0.15) is 0 Å². The van der Waals surface area contributed by atoms with Crippen molar-refractivity contribution < 1.29 is 0 Å². The normalized spacial score (nSPS) is 12.6. The summed E-state index contributed by atoms with van der Waals surface area (Å²) in [6.45, 7) is 0. The number of rotatable bonds is 2. The standard InChI is InChI=1S/C17H12Br2ClN/c18-10-5-6-14(16(20)9-10)17(21)13-7-8-15(19)12-4-2-1-3-11(12)13/h1-9,17H,21H2. The van der Waals surface area contributed by atoms with Crippen LogP contribution in [0.4, 0.5) is 0 Å². The Morgan fingerprint density at radius 1 is 0.857 bits per heavy atom. The van der Waals surface area contributed by atoms with E-state index in [1.165, 1.54) is 0 Å². The van der Waals surface area contributed by atoms with Crippen molar-refractivity contribution in [2.24, 2.45) is 5.73 Å². The van der Waals surface area contributed by atoms with E-state index in [0.717, 1.165) is 30.8 Å². The lowest BCUT2D eigenvalue weighted by Crippen LogP contribution is -2.13. The Hall–Kier alpha value is -0.870. The summed E-state index contributed by atoms with van der Waals surface area (Å²) in [6.07, 6.45) is 0. The maximum atomic E-state index is 6.47. The lowest BCUT2D eigenvalue weighted by atomic mass is 9.94. The number of nitrogens with two attached hydrogens (primary N) is 1. The van der Waals surface area contributed by atoms with Crippen LogP contribution in [0.25, 0.3) is 10.8 Å². The van der Waals surface area contributed by atoms with Crippen LogP contribution in [0.3, 0.4) is 0 Å². The predicted molar refractivity (Wildman–Crippen MR) is 96.8 cm³/mol. The quantitative estimate of drug-likeness (QED) is 0.530. The maximum absolute atomic E-state index is 6.47. The molecule has 3 aromatic rings. The molecule has 4 heteroatoms. The van der Waals surface area contributed by atoms with Gasteiger partial charge >= 0.3 is 0 Å². The van der Waals surface area contributed by atoms with Gasteiger partial charge in [-0.25, -0.2) is 0 Å². The Kier molecular flexibility index (Phi) is 4.36.